The van der Waals surface area contributed by atoms with Crippen molar-refractivity contribution in [3.05, 3.63) is 76.2 Å². The van der Waals surface area contributed by atoms with Crippen molar-refractivity contribution in [2.75, 3.05) is 0 Å². The summed E-state index contributed by atoms with van der Waals surface area (Å²) in [5.74, 6) is 0. The number of aryl methyl sites for hydroxylation is 1. The fourth-order valence-corrected chi connectivity index (χ4v) is 4.15. The van der Waals surface area contributed by atoms with E-state index >= 15 is 0 Å². The standard InChI is InChI=1S/C18H15Cl2N3O2S/c1-12-7-18(16(20)8-15(12)19)26(24,25)23-10-13-4-5-17(22-9-13)14-3-2-6-21-11-14/h2-9,11,23H,10H2,1H3. The van der Waals surface area contributed by atoms with E-state index in [1.54, 1.807) is 25.5 Å². The van der Waals surface area contributed by atoms with E-state index in [2.05, 4.69) is 14.7 Å². The third-order valence-electron chi connectivity index (χ3n) is 3.75. The maximum atomic E-state index is 12.5. The van der Waals surface area contributed by atoms with E-state index in [9.17, 15) is 8.42 Å². The lowest BCUT2D eigenvalue weighted by atomic mass is 10.1. The molecule has 2 aromatic heterocycles. The number of rotatable bonds is 5. The number of aromatic nitrogens is 2. The lowest BCUT2D eigenvalue weighted by molar-refractivity contribution is 0.581. The SMILES string of the molecule is Cc1cc(S(=O)(=O)NCc2ccc(-c3cccnc3)nc2)c(Cl)cc1Cl. The zero-order valence-electron chi connectivity index (χ0n) is 13.8. The van der Waals surface area contributed by atoms with Crippen LogP contribution >= 0.6 is 23.2 Å². The third kappa shape index (κ3) is 4.22. The molecule has 0 spiro atoms. The maximum absolute atomic E-state index is 12.5. The molecule has 0 saturated carbocycles. The minimum atomic E-state index is -3.77. The average Bonchev–Trinajstić information content (AvgIpc) is 2.64. The predicted octanol–water partition coefficient (Wildman–Crippen LogP) is 4.24. The normalized spacial score (nSPS) is 11.5. The number of sulfonamides is 1. The van der Waals surface area contributed by atoms with Crippen LogP contribution < -0.4 is 4.72 Å². The van der Waals surface area contributed by atoms with Gasteiger partial charge in [-0.15, -0.1) is 0 Å². The first-order valence-corrected chi connectivity index (χ1v) is 9.91. The second-order valence-corrected chi connectivity index (χ2v) is 8.20. The lowest BCUT2D eigenvalue weighted by Gasteiger charge is -2.10. The Morgan fingerprint density at radius 3 is 2.54 bits per heavy atom. The van der Waals surface area contributed by atoms with Crippen molar-refractivity contribution < 1.29 is 8.42 Å². The molecule has 3 aromatic rings. The first-order chi connectivity index (χ1) is 12.4. The molecule has 2 heterocycles. The Hall–Kier alpha value is -1.99. The number of hydrogen-bond donors (Lipinski definition) is 1. The van der Waals surface area contributed by atoms with Gasteiger partial charge in [-0.25, -0.2) is 13.1 Å². The van der Waals surface area contributed by atoms with E-state index in [4.69, 9.17) is 23.2 Å². The second-order valence-electron chi connectivity index (χ2n) is 5.65. The van der Waals surface area contributed by atoms with Crippen molar-refractivity contribution in [2.45, 2.75) is 18.4 Å². The predicted molar refractivity (Wildman–Crippen MR) is 103 cm³/mol. The fourth-order valence-electron chi connectivity index (χ4n) is 2.31. The van der Waals surface area contributed by atoms with Gasteiger partial charge in [-0.1, -0.05) is 29.3 Å². The van der Waals surface area contributed by atoms with Gasteiger partial charge in [0.2, 0.25) is 10.0 Å². The van der Waals surface area contributed by atoms with Crippen LogP contribution in [0.5, 0.6) is 0 Å². The first-order valence-electron chi connectivity index (χ1n) is 7.67. The first kappa shape index (κ1) is 18.8. The molecule has 0 aliphatic heterocycles. The summed E-state index contributed by atoms with van der Waals surface area (Å²) in [5.41, 5.74) is 3.02. The summed E-state index contributed by atoms with van der Waals surface area (Å²) in [6, 6.07) is 10.3. The van der Waals surface area contributed by atoms with Crippen LogP contribution in [0.2, 0.25) is 10.0 Å². The smallest absolute Gasteiger partial charge is 0.242 e. The molecule has 0 unspecified atom stereocenters. The molecule has 3 rings (SSSR count). The van der Waals surface area contributed by atoms with Crippen LogP contribution in [-0.2, 0) is 16.6 Å². The molecule has 0 amide bonds. The molecule has 0 bridgehead atoms. The van der Waals surface area contributed by atoms with Crippen LogP contribution in [0.1, 0.15) is 11.1 Å². The number of hydrogen-bond acceptors (Lipinski definition) is 4. The van der Waals surface area contributed by atoms with Crippen LogP contribution in [-0.4, -0.2) is 18.4 Å². The Labute approximate surface area is 162 Å². The number of halogens is 2. The van der Waals surface area contributed by atoms with Gasteiger partial charge in [-0.3, -0.25) is 9.97 Å². The van der Waals surface area contributed by atoms with Crippen molar-refractivity contribution in [3.8, 4) is 11.3 Å². The van der Waals surface area contributed by atoms with E-state index in [0.717, 1.165) is 16.8 Å². The summed E-state index contributed by atoms with van der Waals surface area (Å²) >= 11 is 12.0. The second kappa shape index (κ2) is 7.72. The maximum Gasteiger partial charge on any atom is 0.242 e. The molecular weight excluding hydrogens is 393 g/mol. The minimum Gasteiger partial charge on any atom is -0.264 e. The van der Waals surface area contributed by atoms with Crippen molar-refractivity contribution in [1.82, 2.24) is 14.7 Å². The average molecular weight is 408 g/mol. The third-order valence-corrected chi connectivity index (χ3v) is 6.02. The van der Waals surface area contributed by atoms with Gasteiger partial charge in [0.25, 0.3) is 0 Å². The molecule has 0 radical (unpaired) electrons. The summed E-state index contributed by atoms with van der Waals surface area (Å²) < 4.78 is 27.6. The summed E-state index contributed by atoms with van der Waals surface area (Å²) in [6.07, 6.45) is 5.03. The molecule has 0 saturated heterocycles. The molecule has 0 atom stereocenters. The summed E-state index contributed by atoms with van der Waals surface area (Å²) in [4.78, 5) is 8.40. The van der Waals surface area contributed by atoms with Gasteiger partial charge in [-0.05, 0) is 48.4 Å². The zero-order chi connectivity index (χ0) is 18.7. The number of nitrogens with one attached hydrogen (secondary N) is 1. The van der Waals surface area contributed by atoms with Crippen LogP contribution in [0.25, 0.3) is 11.3 Å². The van der Waals surface area contributed by atoms with Gasteiger partial charge in [0.15, 0.2) is 0 Å². The van der Waals surface area contributed by atoms with Gasteiger partial charge in [0, 0.05) is 35.7 Å². The van der Waals surface area contributed by atoms with Crippen LogP contribution in [0.3, 0.4) is 0 Å². The van der Waals surface area contributed by atoms with Gasteiger partial charge in [0.1, 0.15) is 4.90 Å². The van der Waals surface area contributed by atoms with E-state index in [1.807, 2.05) is 24.3 Å². The van der Waals surface area contributed by atoms with Gasteiger partial charge in [0.05, 0.1) is 10.7 Å². The molecular formula is C18H15Cl2N3O2S. The quantitative estimate of drug-likeness (QED) is 0.686. The van der Waals surface area contributed by atoms with Crippen molar-refractivity contribution >= 4 is 33.2 Å². The monoisotopic (exact) mass is 407 g/mol. The molecule has 5 nitrogen and oxygen atoms in total. The molecule has 1 N–H and O–H groups in total. The van der Waals surface area contributed by atoms with E-state index in [1.165, 1.54) is 12.1 Å². The molecule has 26 heavy (non-hydrogen) atoms. The lowest BCUT2D eigenvalue weighted by Crippen LogP contribution is -2.23. The summed E-state index contributed by atoms with van der Waals surface area (Å²) in [6.45, 7) is 1.82. The highest BCUT2D eigenvalue weighted by Gasteiger charge is 2.19. The zero-order valence-corrected chi connectivity index (χ0v) is 16.1. The molecule has 1 aromatic carbocycles. The van der Waals surface area contributed by atoms with Gasteiger partial charge >= 0.3 is 0 Å². The Kier molecular flexibility index (Phi) is 5.58. The molecule has 134 valence electrons. The van der Waals surface area contributed by atoms with Gasteiger partial charge in [-0.2, -0.15) is 0 Å². The van der Waals surface area contributed by atoms with E-state index in [-0.39, 0.29) is 16.5 Å². The molecule has 0 fully saturated rings. The Bertz CT molecular complexity index is 1020. The fraction of sp³-hybridized carbons (Fsp3) is 0.111. The summed E-state index contributed by atoms with van der Waals surface area (Å²) in [5, 5.41) is 0.502. The highest BCUT2D eigenvalue weighted by atomic mass is 35.5. The Morgan fingerprint density at radius 2 is 1.88 bits per heavy atom. The number of pyridine rings is 2. The van der Waals surface area contributed by atoms with Crippen molar-refractivity contribution in [1.29, 1.82) is 0 Å². The van der Waals surface area contributed by atoms with Crippen LogP contribution in [0.4, 0.5) is 0 Å². The number of nitrogens with zero attached hydrogens (tertiary/aromatic N) is 2. The minimum absolute atomic E-state index is 0.000931. The largest absolute Gasteiger partial charge is 0.264 e. The van der Waals surface area contributed by atoms with Crippen LogP contribution in [0, 0.1) is 6.92 Å². The van der Waals surface area contributed by atoms with E-state index < -0.39 is 10.0 Å². The van der Waals surface area contributed by atoms with Gasteiger partial charge < -0.3 is 0 Å². The molecule has 8 heteroatoms. The van der Waals surface area contributed by atoms with Crippen LogP contribution in [0.15, 0.2) is 59.9 Å². The van der Waals surface area contributed by atoms with Crippen molar-refractivity contribution in [3.63, 3.8) is 0 Å². The number of benzene rings is 1. The highest BCUT2D eigenvalue weighted by Crippen LogP contribution is 2.28. The Morgan fingerprint density at radius 1 is 1.08 bits per heavy atom. The summed E-state index contributed by atoms with van der Waals surface area (Å²) in [7, 11) is -3.77. The topological polar surface area (TPSA) is 72.0 Å². The molecule has 0 aliphatic carbocycles. The highest BCUT2D eigenvalue weighted by molar-refractivity contribution is 7.89. The van der Waals surface area contributed by atoms with Crippen molar-refractivity contribution in [2.24, 2.45) is 0 Å². The molecule has 0 aliphatic rings. The van der Waals surface area contributed by atoms with E-state index in [0.29, 0.717) is 10.6 Å². The Balaban J connectivity index is 1.75.